The second-order valence-electron chi connectivity index (χ2n) is 7.44. The van der Waals surface area contributed by atoms with E-state index >= 15 is 0 Å². The number of urea groups is 1. The lowest BCUT2D eigenvalue weighted by Crippen LogP contribution is -2.41. The van der Waals surface area contributed by atoms with Crippen molar-refractivity contribution in [1.29, 1.82) is 5.26 Å². The Hall–Kier alpha value is -3.99. The molecule has 1 unspecified atom stereocenters. The number of carbonyl (C=O) groups is 4. The highest BCUT2D eigenvalue weighted by Crippen LogP contribution is 2.29. The van der Waals surface area contributed by atoms with Crippen LogP contribution in [-0.2, 0) is 15.1 Å². The van der Waals surface area contributed by atoms with Gasteiger partial charge in [0.05, 0.1) is 18.2 Å². The summed E-state index contributed by atoms with van der Waals surface area (Å²) < 4.78 is 0. The molecule has 1 saturated heterocycles. The molecule has 2 N–H and O–H groups in total. The van der Waals surface area contributed by atoms with Crippen LogP contribution in [0.1, 0.15) is 48.2 Å². The minimum absolute atomic E-state index is 0.110. The fraction of sp³-hybridized carbons (Fsp3) is 0.261. The van der Waals surface area contributed by atoms with Crippen molar-refractivity contribution in [1.82, 2.24) is 10.2 Å². The number of carbonyl (C=O) groups excluding carboxylic acids is 4. The Morgan fingerprint density at radius 1 is 1.16 bits per heavy atom. The zero-order valence-electron chi connectivity index (χ0n) is 17.3. The molecule has 1 aliphatic rings. The van der Waals surface area contributed by atoms with Crippen molar-refractivity contribution in [2.75, 3.05) is 11.9 Å². The van der Waals surface area contributed by atoms with E-state index in [-0.39, 0.29) is 5.91 Å². The number of imide groups is 1. The molecule has 1 aliphatic heterocycles. The topological polar surface area (TPSA) is 119 Å². The molecular weight excluding hydrogens is 396 g/mol. The Bertz CT molecular complexity index is 1090. The van der Waals surface area contributed by atoms with Gasteiger partial charge < -0.3 is 10.6 Å². The third-order valence-corrected chi connectivity index (χ3v) is 5.11. The Labute approximate surface area is 179 Å². The molecule has 8 heteroatoms. The number of nitrogens with zero attached hydrogens (tertiary/aromatic N) is 2. The summed E-state index contributed by atoms with van der Waals surface area (Å²) in [5.74, 6) is -1.09. The standard InChI is InChI=1S/C23H22N4O4/c1-3-5-20(29)25-18-10-8-16(9-11-18)19(28)14-27-21(30)23(2,26-22(27)31)17-7-4-6-15(12-17)13-24/h4,6-12H,3,5,14H2,1-2H3,(H,25,29)(H,26,31). The lowest BCUT2D eigenvalue weighted by Gasteiger charge is -2.22. The van der Waals surface area contributed by atoms with E-state index in [1.165, 1.54) is 18.2 Å². The number of hydrogen-bond donors (Lipinski definition) is 2. The molecule has 0 radical (unpaired) electrons. The number of benzene rings is 2. The van der Waals surface area contributed by atoms with Crippen LogP contribution in [0.2, 0.25) is 0 Å². The van der Waals surface area contributed by atoms with Crippen LogP contribution >= 0.6 is 0 Å². The van der Waals surface area contributed by atoms with Crippen molar-refractivity contribution in [2.45, 2.75) is 32.2 Å². The molecule has 4 amide bonds. The number of ketones is 1. The Morgan fingerprint density at radius 2 is 1.87 bits per heavy atom. The summed E-state index contributed by atoms with van der Waals surface area (Å²) in [4.78, 5) is 50.7. The SMILES string of the molecule is CCCC(=O)Nc1ccc(C(=O)CN2C(=O)NC(C)(c3cccc(C#N)c3)C2=O)cc1. The molecule has 2 aromatic carbocycles. The first-order valence-electron chi connectivity index (χ1n) is 9.86. The molecule has 2 aromatic rings. The average Bonchev–Trinajstić information content (AvgIpc) is 2.98. The summed E-state index contributed by atoms with van der Waals surface area (Å²) in [6, 6.07) is 14.0. The number of anilines is 1. The minimum atomic E-state index is -1.36. The van der Waals surface area contributed by atoms with Crippen LogP contribution in [0.5, 0.6) is 0 Å². The van der Waals surface area contributed by atoms with E-state index in [1.807, 2.05) is 13.0 Å². The Balaban J connectivity index is 1.73. The van der Waals surface area contributed by atoms with E-state index in [1.54, 1.807) is 37.3 Å². The monoisotopic (exact) mass is 418 g/mol. The predicted molar refractivity (Wildman–Crippen MR) is 113 cm³/mol. The van der Waals surface area contributed by atoms with Crippen LogP contribution in [0, 0.1) is 11.3 Å². The van der Waals surface area contributed by atoms with Gasteiger partial charge in [-0.15, -0.1) is 0 Å². The largest absolute Gasteiger partial charge is 0.326 e. The van der Waals surface area contributed by atoms with Crippen LogP contribution in [0.25, 0.3) is 0 Å². The Kier molecular flexibility index (Phi) is 6.16. The second kappa shape index (κ2) is 8.79. The van der Waals surface area contributed by atoms with E-state index < -0.39 is 29.8 Å². The third kappa shape index (κ3) is 4.46. The Morgan fingerprint density at radius 3 is 2.52 bits per heavy atom. The summed E-state index contributed by atoms with van der Waals surface area (Å²) in [5.41, 5.74) is 0.343. The van der Waals surface area contributed by atoms with Gasteiger partial charge in [0.15, 0.2) is 5.78 Å². The number of rotatable bonds is 7. The second-order valence-corrected chi connectivity index (χ2v) is 7.44. The number of nitriles is 1. The predicted octanol–water partition coefficient (Wildman–Crippen LogP) is 2.95. The molecule has 1 atom stereocenters. The molecule has 0 bridgehead atoms. The molecule has 0 saturated carbocycles. The number of amides is 4. The molecule has 158 valence electrons. The first-order valence-corrected chi connectivity index (χ1v) is 9.86. The van der Waals surface area contributed by atoms with Gasteiger partial charge in [-0.1, -0.05) is 19.1 Å². The van der Waals surface area contributed by atoms with Gasteiger partial charge in [0.1, 0.15) is 5.54 Å². The van der Waals surface area contributed by atoms with Gasteiger partial charge >= 0.3 is 6.03 Å². The van der Waals surface area contributed by atoms with Crippen molar-refractivity contribution >= 4 is 29.3 Å². The summed E-state index contributed by atoms with van der Waals surface area (Å²) in [6.07, 6.45) is 1.14. The minimum Gasteiger partial charge on any atom is -0.326 e. The fourth-order valence-corrected chi connectivity index (χ4v) is 3.36. The maximum atomic E-state index is 13.0. The molecular formula is C23H22N4O4. The third-order valence-electron chi connectivity index (χ3n) is 5.11. The average molecular weight is 418 g/mol. The maximum Gasteiger partial charge on any atom is 0.325 e. The van der Waals surface area contributed by atoms with Crippen LogP contribution in [0.4, 0.5) is 10.5 Å². The number of hydrogen-bond acceptors (Lipinski definition) is 5. The van der Waals surface area contributed by atoms with Crippen molar-refractivity contribution in [3.8, 4) is 6.07 Å². The van der Waals surface area contributed by atoms with E-state index in [4.69, 9.17) is 5.26 Å². The molecule has 0 aliphatic carbocycles. The van der Waals surface area contributed by atoms with Crippen LogP contribution in [0.15, 0.2) is 48.5 Å². The molecule has 3 rings (SSSR count). The first kappa shape index (κ1) is 21.7. The van der Waals surface area contributed by atoms with Crippen molar-refractivity contribution < 1.29 is 19.2 Å². The van der Waals surface area contributed by atoms with Crippen molar-refractivity contribution in [3.63, 3.8) is 0 Å². The van der Waals surface area contributed by atoms with Gasteiger partial charge in [0.25, 0.3) is 5.91 Å². The highest BCUT2D eigenvalue weighted by Gasteiger charge is 2.49. The zero-order valence-corrected chi connectivity index (χ0v) is 17.3. The molecule has 1 heterocycles. The van der Waals surface area contributed by atoms with E-state index in [0.29, 0.717) is 28.8 Å². The molecule has 8 nitrogen and oxygen atoms in total. The van der Waals surface area contributed by atoms with Gasteiger partial charge in [-0.25, -0.2) is 4.79 Å². The quantitative estimate of drug-likeness (QED) is 0.529. The molecule has 0 aromatic heterocycles. The van der Waals surface area contributed by atoms with Gasteiger partial charge in [0, 0.05) is 17.7 Å². The summed E-state index contributed by atoms with van der Waals surface area (Å²) in [6.45, 7) is 3.03. The van der Waals surface area contributed by atoms with E-state index in [2.05, 4.69) is 10.6 Å². The van der Waals surface area contributed by atoms with Crippen LogP contribution < -0.4 is 10.6 Å². The normalized spacial score (nSPS) is 17.8. The maximum absolute atomic E-state index is 13.0. The van der Waals surface area contributed by atoms with Gasteiger partial charge in [0.2, 0.25) is 5.91 Å². The zero-order chi connectivity index (χ0) is 22.6. The molecule has 0 spiro atoms. The highest BCUT2D eigenvalue weighted by atomic mass is 16.2. The lowest BCUT2D eigenvalue weighted by atomic mass is 9.91. The first-order chi connectivity index (χ1) is 14.8. The lowest BCUT2D eigenvalue weighted by molar-refractivity contribution is -0.130. The summed E-state index contributed by atoms with van der Waals surface area (Å²) in [5, 5.41) is 14.5. The van der Waals surface area contributed by atoms with Crippen molar-refractivity contribution in [3.05, 3.63) is 65.2 Å². The van der Waals surface area contributed by atoms with Gasteiger partial charge in [-0.2, -0.15) is 5.26 Å². The molecule has 1 fully saturated rings. The highest BCUT2D eigenvalue weighted by molar-refractivity contribution is 6.11. The fourth-order valence-electron chi connectivity index (χ4n) is 3.36. The van der Waals surface area contributed by atoms with E-state index in [0.717, 1.165) is 11.3 Å². The number of nitrogens with one attached hydrogen (secondary N) is 2. The van der Waals surface area contributed by atoms with E-state index in [9.17, 15) is 19.2 Å². The van der Waals surface area contributed by atoms with Crippen LogP contribution in [0.3, 0.4) is 0 Å². The van der Waals surface area contributed by atoms with Crippen molar-refractivity contribution in [2.24, 2.45) is 0 Å². The summed E-state index contributed by atoms with van der Waals surface area (Å²) in [7, 11) is 0. The number of Topliss-reactive ketones (excluding diaryl/α,β-unsaturated/α-hetero) is 1. The smallest absolute Gasteiger partial charge is 0.325 e. The van der Waals surface area contributed by atoms with Crippen LogP contribution in [-0.4, -0.2) is 35.1 Å². The van der Waals surface area contributed by atoms with Gasteiger partial charge in [-0.3, -0.25) is 19.3 Å². The summed E-state index contributed by atoms with van der Waals surface area (Å²) >= 11 is 0. The van der Waals surface area contributed by atoms with Gasteiger partial charge in [-0.05, 0) is 55.3 Å². The molecule has 31 heavy (non-hydrogen) atoms.